The number of carbonyl (C=O) groups excluding carboxylic acids is 2. The Balaban J connectivity index is 1.77. The van der Waals surface area contributed by atoms with Gasteiger partial charge in [-0.05, 0) is 84.2 Å². The highest BCUT2D eigenvalue weighted by Gasteiger charge is 2.12. The molecule has 0 heterocycles. The Morgan fingerprint density at radius 3 is 2.41 bits per heavy atom. The fraction of sp³-hybridized carbons (Fsp3) is 0.348. The molecule has 32 heavy (non-hydrogen) atoms. The molecule has 172 valence electrons. The van der Waals surface area contributed by atoms with E-state index < -0.39 is 11.8 Å². The second-order valence-electron chi connectivity index (χ2n) is 7.69. The van der Waals surface area contributed by atoms with Gasteiger partial charge in [0.15, 0.2) is 11.7 Å². The predicted octanol–water partition coefficient (Wildman–Crippen LogP) is 4.21. The van der Waals surface area contributed by atoms with Gasteiger partial charge in [-0.1, -0.05) is 31.5 Å². The van der Waals surface area contributed by atoms with Crippen LogP contribution in [0.25, 0.3) is 0 Å². The van der Waals surface area contributed by atoms with Crippen LogP contribution >= 0.6 is 28.1 Å². The molecule has 0 saturated heterocycles. The maximum absolute atomic E-state index is 12.4. The largest absolute Gasteiger partial charge is 0.492 e. The van der Waals surface area contributed by atoms with Gasteiger partial charge >= 0.3 is 0 Å². The Labute approximate surface area is 202 Å². The number of hydrogen-bond acceptors (Lipinski definition) is 5. The quantitative estimate of drug-likeness (QED) is 0.356. The average Bonchev–Trinajstić information content (AvgIpc) is 2.72. The van der Waals surface area contributed by atoms with Crippen molar-refractivity contribution in [1.82, 2.24) is 16.2 Å². The number of rotatable bonds is 8. The number of thiocarbonyl (C=S) groups is 1. The van der Waals surface area contributed by atoms with Crippen LogP contribution in [0, 0.1) is 19.8 Å². The van der Waals surface area contributed by atoms with Crippen LogP contribution in [0.5, 0.6) is 11.5 Å². The first kappa shape index (κ1) is 25.6. The van der Waals surface area contributed by atoms with E-state index in [1.54, 1.807) is 18.2 Å². The molecule has 0 radical (unpaired) electrons. The van der Waals surface area contributed by atoms with Gasteiger partial charge in [0, 0.05) is 5.56 Å². The lowest BCUT2D eigenvalue weighted by atomic mass is 10.1. The molecule has 0 aliphatic carbocycles. The number of hydrazine groups is 1. The Hall–Kier alpha value is -2.65. The Morgan fingerprint density at radius 2 is 1.75 bits per heavy atom. The molecule has 0 aliphatic heterocycles. The second-order valence-corrected chi connectivity index (χ2v) is 8.95. The highest BCUT2D eigenvalue weighted by molar-refractivity contribution is 9.10. The van der Waals surface area contributed by atoms with Crippen molar-refractivity contribution in [3.05, 3.63) is 57.6 Å². The molecule has 2 aromatic rings. The summed E-state index contributed by atoms with van der Waals surface area (Å²) in [6.45, 7) is 8.55. The first-order valence-electron chi connectivity index (χ1n) is 10.2. The van der Waals surface area contributed by atoms with Gasteiger partial charge in [0.05, 0.1) is 11.1 Å². The Kier molecular flexibility index (Phi) is 9.93. The maximum Gasteiger partial charge on any atom is 0.276 e. The molecular formula is C23H28BrN3O4S. The summed E-state index contributed by atoms with van der Waals surface area (Å²) in [4.78, 5) is 24.4. The van der Waals surface area contributed by atoms with Crippen molar-refractivity contribution in [1.29, 1.82) is 0 Å². The summed E-state index contributed by atoms with van der Waals surface area (Å²) < 4.78 is 11.9. The molecule has 2 aromatic carbocycles. The summed E-state index contributed by atoms with van der Waals surface area (Å²) in [5.74, 6) is 0.985. The number of nitrogens with one attached hydrogen (secondary N) is 3. The highest BCUT2D eigenvalue weighted by atomic mass is 79.9. The minimum Gasteiger partial charge on any atom is -0.492 e. The van der Waals surface area contributed by atoms with Gasteiger partial charge in [0.25, 0.3) is 11.8 Å². The lowest BCUT2D eigenvalue weighted by Crippen LogP contribution is -2.49. The SMILES string of the molecule is Cc1ccc(OCC(=O)NNC(=S)NC(=O)c2ccc(OCCC(C)C)c(Br)c2)c(C)c1. The Morgan fingerprint density at radius 1 is 1.03 bits per heavy atom. The minimum atomic E-state index is -0.438. The molecule has 9 heteroatoms. The van der Waals surface area contributed by atoms with Gasteiger partial charge in [-0.15, -0.1) is 0 Å². The van der Waals surface area contributed by atoms with Gasteiger partial charge in [-0.3, -0.25) is 25.8 Å². The summed E-state index contributed by atoms with van der Waals surface area (Å²) in [5, 5.41) is 2.47. The van der Waals surface area contributed by atoms with Gasteiger partial charge in [0.1, 0.15) is 11.5 Å². The third-order valence-corrected chi connectivity index (χ3v) is 5.20. The molecule has 3 N–H and O–H groups in total. The van der Waals surface area contributed by atoms with Crippen molar-refractivity contribution < 1.29 is 19.1 Å². The van der Waals surface area contributed by atoms with E-state index in [1.165, 1.54) is 0 Å². The average molecular weight is 522 g/mol. The highest BCUT2D eigenvalue weighted by Crippen LogP contribution is 2.26. The second kappa shape index (κ2) is 12.4. The monoisotopic (exact) mass is 521 g/mol. The van der Waals surface area contributed by atoms with E-state index >= 15 is 0 Å². The molecule has 0 atom stereocenters. The smallest absolute Gasteiger partial charge is 0.276 e. The molecule has 0 aromatic heterocycles. The van der Waals surface area contributed by atoms with Crippen LogP contribution in [0.1, 0.15) is 41.8 Å². The lowest BCUT2D eigenvalue weighted by molar-refractivity contribution is -0.123. The summed E-state index contributed by atoms with van der Waals surface area (Å²) >= 11 is 8.49. The number of hydrogen-bond donors (Lipinski definition) is 3. The summed E-state index contributed by atoms with van der Waals surface area (Å²) in [7, 11) is 0. The molecule has 0 aliphatic rings. The van der Waals surface area contributed by atoms with Crippen molar-refractivity contribution >= 4 is 45.1 Å². The van der Waals surface area contributed by atoms with Crippen LogP contribution in [-0.2, 0) is 4.79 Å². The Bertz CT molecular complexity index is 982. The van der Waals surface area contributed by atoms with Crippen molar-refractivity contribution in [2.45, 2.75) is 34.1 Å². The number of benzene rings is 2. The van der Waals surface area contributed by atoms with E-state index in [-0.39, 0.29) is 11.7 Å². The normalized spacial score (nSPS) is 10.4. The molecule has 2 rings (SSSR count). The molecule has 0 unspecified atom stereocenters. The van der Waals surface area contributed by atoms with Crippen LogP contribution in [-0.4, -0.2) is 30.1 Å². The summed E-state index contributed by atoms with van der Waals surface area (Å²) in [6, 6.07) is 10.7. The maximum atomic E-state index is 12.4. The molecule has 0 saturated carbocycles. The van der Waals surface area contributed by atoms with Gasteiger partial charge in [-0.25, -0.2) is 0 Å². The van der Waals surface area contributed by atoms with Crippen LogP contribution in [0.15, 0.2) is 40.9 Å². The van der Waals surface area contributed by atoms with E-state index in [2.05, 4.69) is 45.9 Å². The third-order valence-electron chi connectivity index (χ3n) is 4.38. The van der Waals surface area contributed by atoms with E-state index in [0.29, 0.717) is 34.1 Å². The minimum absolute atomic E-state index is 0.0387. The lowest BCUT2D eigenvalue weighted by Gasteiger charge is -2.13. The van der Waals surface area contributed by atoms with E-state index in [4.69, 9.17) is 21.7 Å². The van der Waals surface area contributed by atoms with E-state index in [1.807, 2.05) is 32.0 Å². The molecule has 0 spiro atoms. The molecule has 0 bridgehead atoms. The van der Waals surface area contributed by atoms with E-state index in [0.717, 1.165) is 17.5 Å². The zero-order valence-corrected chi connectivity index (χ0v) is 21.0. The number of amides is 2. The molecule has 7 nitrogen and oxygen atoms in total. The fourth-order valence-electron chi connectivity index (χ4n) is 2.64. The summed E-state index contributed by atoms with van der Waals surface area (Å²) in [6.07, 6.45) is 0.940. The van der Waals surface area contributed by atoms with Crippen LogP contribution < -0.4 is 25.6 Å². The van der Waals surface area contributed by atoms with Gasteiger partial charge in [-0.2, -0.15) is 0 Å². The fourth-order valence-corrected chi connectivity index (χ4v) is 3.27. The van der Waals surface area contributed by atoms with Crippen LogP contribution in [0.2, 0.25) is 0 Å². The first-order valence-corrected chi connectivity index (χ1v) is 11.4. The van der Waals surface area contributed by atoms with Crippen molar-refractivity contribution in [2.24, 2.45) is 5.92 Å². The van der Waals surface area contributed by atoms with Crippen molar-refractivity contribution in [3.63, 3.8) is 0 Å². The standard InChI is InChI=1S/C23H28BrN3O4S/c1-14(2)9-10-30-20-8-6-17(12-18(20)24)22(29)25-23(32)27-26-21(28)13-31-19-7-5-15(3)11-16(19)4/h5-8,11-12,14H,9-10,13H2,1-4H3,(H,26,28)(H2,25,27,29,32). The molecule has 2 amide bonds. The van der Waals surface area contributed by atoms with Gasteiger partial charge in [0.2, 0.25) is 0 Å². The van der Waals surface area contributed by atoms with Crippen molar-refractivity contribution in [3.8, 4) is 11.5 Å². The van der Waals surface area contributed by atoms with Gasteiger partial charge < -0.3 is 9.47 Å². The summed E-state index contributed by atoms with van der Waals surface area (Å²) in [5.41, 5.74) is 7.33. The number of ether oxygens (including phenoxy) is 2. The molecule has 0 fully saturated rings. The first-order chi connectivity index (χ1) is 15.2. The number of halogens is 1. The number of aryl methyl sites for hydroxylation is 2. The third kappa shape index (κ3) is 8.47. The van der Waals surface area contributed by atoms with Crippen LogP contribution in [0.4, 0.5) is 0 Å². The van der Waals surface area contributed by atoms with E-state index in [9.17, 15) is 9.59 Å². The number of carbonyl (C=O) groups is 2. The zero-order valence-electron chi connectivity index (χ0n) is 18.6. The topological polar surface area (TPSA) is 88.7 Å². The van der Waals surface area contributed by atoms with Crippen LogP contribution in [0.3, 0.4) is 0 Å². The van der Waals surface area contributed by atoms with Crippen molar-refractivity contribution in [2.75, 3.05) is 13.2 Å². The zero-order chi connectivity index (χ0) is 23.7. The molecular weight excluding hydrogens is 494 g/mol. The predicted molar refractivity (Wildman–Crippen MR) is 132 cm³/mol.